The number of allylic oxidation sites excluding steroid dienone is 1. The Morgan fingerprint density at radius 3 is 2.63 bits per heavy atom. The SMILES string of the molecule is C=CCn1c(SCc2ccccc2C(=O)NCc2ccc(F)cc2)nnc1C(C)C. The fourth-order valence-corrected chi connectivity index (χ4v) is 3.98. The second-order valence-corrected chi connectivity index (χ2v) is 8.09. The number of aromatic nitrogens is 3. The molecule has 0 saturated carbocycles. The lowest BCUT2D eigenvalue weighted by molar-refractivity contribution is 0.0950. The molecule has 1 aromatic heterocycles. The monoisotopic (exact) mass is 424 g/mol. The normalized spacial score (nSPS) is 10.9. The van der Waals surface area contributed by atoms with Crippen molar-refractivity contribution in [3.05, 3.63) is 89.5 Å². The highest BCUT2D eigenvalue weighted by Crippen LogP contribution is 2.26. The predicted molar refractivity (Wildman–Crippen MR) is 118 cm³/mol. The molecule has 0 unspecified atom stereocenters. The van der Waals surface area contributed by atoms with Gasteiger partial charge in [0, 0.05) is 30.3 Å². The topological polar surface area (TPSA) is 59.8 Å². The average Bonchev–Trinajstić information content (AvgIpc) is 3.15. The van der Waals surface area contributed by atoms with E-state index in [9.17, 15) is 9.18 Å². The lowest BCUT2D eigenvalue weighted by Gasteiger charge is -2.12. The van der Waals surface area contributed by atoms with E-state index in [1.807, 2.05) is 30.3 Å². The molecule has 3 aromatic rings. The zero-order valence-corrected chi connectivity index (χ0v) is 18.0. The zero-order chi connectivity index (χ0) is 21.5. The van der Waals surface area contributed by atoms with Crippen molar-refractivity contribution in [3.8, 4) is 0 Å². The van der Waals surface area contributed by atoms with E-state index in [1.54, 1.807) is 23.9 Å². The lowest BCUT2D eigenvalue weighted by atomic mass is 10.1. The maximum atomic E-state index is 13.0. The average molecular weight is 425 g/mol. The quantitative estimate of drug-likeness (QED) is 0.390. The molecule has 30 heavy (non-hydrogen) atoms. The number of halogens is 1. The predicted octanol–water partition coefficient (Wildman–Crippen LogP) is 4.95. The molecular weight excluding hydrogens is 399 g/mol. The fourth-order valence-electron chi connectivity index (χ4n) is 3.02. The van der Waals surface area contributed by atoms with Crippen molar-refractivity contribution in [3.63, 3.8) is 0 Å². The van der Waals surface area contributed by atoms with Gasteiger partial charge < -0.3 is 9.88 Å². The summed E-state index contributed by atoms with van der Waals surface area (Å²) in [7, 11) is 0. The van der Waals surface area contributed by atoms with Crippen LogP contribution in [0.4, 0.5) is 4.39 Å². The van der Waals surface area contributed by atoms with Crippen molar-refractivity contribution in [1.82, 2.24) is 20.1 Å². The molecule has 0 radical (unpaired) electrons. The minimum atomic E-state index is -0.294. The molecule has 7 heteroatoms. The molecule has 1 amide bonds. The second kappa shape index (κ2) is 10.2. The number of hydrogen-bond donors (Lipinski definition) is 1. The van der Waals surface area contributed by atoms with Crippen molar-refractivity contribution >= 4 is 17.7 Å². The Labute approximate surface area is 180 Å². The minimum Gasteiger partial charge on any atom is -0.348 e. The van der Waals surface area contributed by atoms with E-state index < -0.39 is 0 Å². The molecule has 0 aliphatic heterocycles. The van der Waals surface area contributed by atoms with Crippen LogP contribution in [0, 0.1) is 5.82 Å². The van der Waals surface area contributed by atoms with E-state index in [1.165, 1.54) is 12.1 Å². The lowest BCUT2D eigenvalue weighted by Crippen LogP contribution is -2.23. The summed E-state index contributed by atoms with van der Waals surface area (Å²) in [5, 5.41) is 12.3. The molecule has 3 rings (SSSR count). The van der Waals surface area contributed by atoms with E-state index in [2.05, 4.69) is 40.5 Å². The van der Waals surface area contributed by atoms with Crippen LogP contribution in [0.5, 0.6) is 0 Å². The molecular formula is C23H25FN4OS. The van der Waals surface area contributed by atoms with Crippen molar-refractivity contribution in [2.45, 2.75) is 43.8 Å². The summed E-state index contributed by atoms with van der Waals surface area (Å²) < 4.78 is 15.1. The highest BCUT2D eigenvalue weighted by molar-refractivity contribution is 7.98. The number of nitrogens with zero attached hydrogens (tertiary/aromatic N) is 3. The molecule has 5 nitrogen and oxygen atoms in total. The summed E-state index contributed by atoms with van der Waals surface area (Å²) in [6.07, 6.45) is 1.83. The number of hydrogen-bond acceptors (Lipinski definition) is 4. The van der Waals surface area contributed by atoms with Gasteiger partial charge in [-0.05, 0) is 29.3 Å². The first-order valence-corrected chi connectivity index (χ1v) is 10.8. The third-order valence-electron chi connectivity index (χ3n) is 4.56. The van der Waals surface area contributed by atoms with Gasteiger partial charge in [0.05, 0.1) is 0 Å². The Bertz CT molecular complexity index is 1010. The third kappa shape index (κ3) is 5.36. The van der Waals surface area contributed by atoms with Crippen LogP contribution in [0.15, 0.2) is 66.3 Å². The van der Waals surface area contributed by atoms with Crippen LogP contribution >= 0.6 is 11.8 Å². The summed E-state index contributed by atoms with van der Waals surface area (Å²) in [5.74, 6) is 1.32. The Kier molecular flexibility index (Phi) is 7.41. The van der Waals surface area contributed by atoms with Gasteiger partial charge in [0.25, 0.3) is 5.91 Å². The smallest absolute Gasteiger partial charge is 0.251 e. The standard InChI is InChI=1S/C23H25FN4OS/c1-4-13-28-21(16(2)3)26-27-23(28)30-15-18-7-5-6-8-20(18)22(29)25-14-17-9-11-19(24)12-10-17/h4-12,16H,1,13-15H2,2-3H3,(H,25,29). The Hall–Kier alpha value is -2.93. The van der Waals surface area contributed by atoms with Crippen LogP contribution in [0.2, 0.25) is 0 Å². The van der Waals surface area contributed by atoms with Gasteiger partial charge in [-0.3, -0.25) is 4.79 Å². The van der Waals surface area contributed by atoms with Gasteiger partial charge in [0.15, 0.2) is 5.16 Å². The maximum absolute atomic E-state index is 13.0. The van der Waals surface area contributed by atoms with E-state index in [0.29, 0.717) is 24.4 Å². The van der Waals surface area contributed by atoms with Crippen LogP contribution in [-0.2, 0) is 18.8 Å². The van der Waals surface area contributed by atoms with E-state index >= 15 is 0 Å². The zero-order valence-electron chi connectivity index (χ0n) is 17.1. The molecule has 0 aliphatic rings. The van der Waals surface area contributed by atoms with Crippen LogP contribution in [-0.4, -0.2) is 20.7 Å². The van der Waals surface area contributed by atoms with E-state index in [0.717, 1.165) is 22.1 Å². The van der Waals surface area contributed by atoms with Gasteiger partial charge in [0.1, 0.15) is 11.6 Å². The Balaban J connectivity index is 1.70. The maximum Gasteiger partial charge on any atom is 0.251 e. The third-order valence-corrected chi connectivity index (χ3v) is 5.57. The van der Waals surface area contributed by atoms with Gasteiger partial charge in [0.2, 0.25) is 0 Å². The first-order valence-electron chi connectivity index (χ1n) is 9.77. The van der Waals surface area contributed by atoms with Gasteiger partial charge >= 0.3 is 0 Å². The molecule has 0 saturated heterocycles. The van der Waals surface area contributed by atoms with Crippen LogP contribution in [0.25, 0.3) is 0 Å². The molecule has 0 spiro atoms. The molecule has 0 bridgehead atoms. The number of nitrogens with one attached hydrogen (secondary N) is 1. The summed E-state index contributed by atoms with van der Waals surface area (Å²) in [4.78, 5) is 12.7. The van der Waals surface area contributed by atoms with Crippen LogP contribution < -0.4 is 5.32 Å². The van der Waals surface area contributed by atoms with E-state index in [-0.39, 0.29) is 17.6 Å². The summed E-state index contributed by atoms with van der Waals surface area (Å²) in [5.41, 5.74) is 2.37. The molecule has 0 atom stereocenters. The largest absolute Gasteiger partial charge is 0.348 e. The van der Waals surface area contributed by atoms with Gasteiger partial charge in [-0.25, -0.2) is 4.39 Å². The number of benzene rings is 2. The molecule has 0 aliphatic carbocycles. The highest BCUT2D eigenvalue weighted by Gasteiger charge is 2.16. The van der Waals surface area contributed by atoms with Crippen molar-refractivity contribution < 1.29 is 9.18 Å². The van der Waals surface area contributed by atoms with Gasteiger partial charge in [-0.2, -0.15) is 0 Å². The number of thioether (sulfide) groups is 1. The van der Waals surface area contributed by atoms with Crippen LogP contribution in [0.1, 0.15) is 47.1 Å². The first kappa shape index (κ1) is 21.8. The summed E-state index contributed by atoms with van der Waals surface area (Å²) in [6, 6.07) is 13.6. The van der Waals surface area contributed by atoms with Gasteiger partial charge in [-0.1, -0.05) is 62.0 Å². The Morgan fingerprint density at radius 1 is 1.20 bits per heavy atom. The van der Waals surface area contributed by atoms with E-state index in [4.69, 9.17) is 0 Å². The molecule has 1 N–H and O–H groups in total. The number of carbonyl (C=O) groups excluding carboxylic acids is 1. The van der Waals surface area contributed by atoms with Crippen molar-refractivity contribution in [1.29, 1.82) is 0 Å². The molecule has 0 fully saturated rings. The number of carbonyl (C=O) groups is 1. The van der Waals surface area contributed by atoms with Gasteiger partial charge in [-0.15, -0.1) is 16.8 Å². The second-order valence-electron chi connectivity index (χ2n) is 7.15. The fraction of sp³-hybridized carbons (Fsp3) is 0.261. The number of amides is 1. The van der Waals surface area contributed by atoms with Crippen molar-refractivity contribution in [2.75, 3.05) is 0 Å². The highest BCUT2D eigenvalue weighted by atomic mass is 32.2. The summed E-state index contributed by atoms with van der Waals surface area (Å²) in [6.45, 7) is 8.97. The number of rotatable bonds is 9. The van der Waals surface area contributed by atoms with Crippen molar-refractivity contribution in [2.24, 2.45) is 0 Å². The Morgan fingerprint density at radius 2 is 1.93 bits per heavy atom. The summed E-state index contributed by atoms with van der Waals surface area (Å²) >= 11 is 1.55. The molecule has 156 valence electrons. The minimum absolute atomic E-state index is 0.161. The molecule has 1 heterocycles. The first-order chi connectivity index (χ1) is 14.5. The molecule has 2 aromatic carbocycles. The van der Waals surface area contributed by atoms with Crippen LogP contribution in [0.3, 0.4) is 0 Å².